The molecule has 0 atom stereocenters. The first-order valence-electron chi connectivity index (χ1n) is 5.62. The average molecular weight is 239 g/mol. The molecule has 0 amide bonds. The van der Waals surface area contributed by atoms with Gasteiger partial charge in [0.25, 0.3) is 0 Å². The van der Waals surface area contributed by atoms with E-state index in [0.29, 0.717) is 11.7 Å². The van der Waals surface area contributed by atoms with Crippen molar-refractivity contribution in [3.8, 4) is 5.75 Å². The molecule has 0 unspecified atom stereocenters. The molecular formula is C13H18FNO2. The Bertz CT molecular complexity index is 391. The van der Waals surface area contributed by atoms with Crippen molar-refractivity contribution >= 4 is 5.78 Å². The van der Waals surface area contributed by atoms with Crippen LogP contribution in [0.4, 0.5) is 4.39 Å². The number of Topliss-reactive ketones (excluding diaryl/α,β-unsaturated/α-hetero) is 1. The smallest absolute Gasteiger partial charge is 0.180 e. The normalized spacial score (nSPS) is 10.6. The van der Waals surface area contributed by atoms with Crippen molar-refractivity contribution < 1.29 is 13.9 Å². The lowest BCUT2D eigenvalue weighted by atomic mass is 10.1. The van der Waals surface area contributed by atoms with E-state index >= 15 is 0 Å². The van der Waals surface area contributed by atoms with Gasteiger partial charge < -0.3 is 10.1 Å². The molecule has 0 fully saturated rings. The van der Waals surface area contributed by atoms with Crippen molar-refractivity contribution in [1.82, 2.24) is 5.32 Å². The molecule has 1 N–H and O–H groups in total. The van der Waals surface area contributed by atoms with Crippen LogP contribution >= 0.6 is 0 Å². The fourth-order valence-electron chi connectivity index (χ4n) is 1.47. The van der Waals surface area contributed by atoms with Crippen LogP contribution in [0.1, 0.15) is 24.2 Å². The van der Waals surface area contributed by atoms with Crippen molar-refractivity contribution in [1.29, 1.82) is 0 Å². The summed E-state index contributed by atoms with van der Waals surface area (Å²) in [6.45, 7) is 5.06. The second-order valence-electron chi connectivity index (χ2n) is 4.29. The highest BCUT2D eigenvalue weighted by molar-refractivity contribution is 6.00. The number of halogens is 1. The quantitative estimate of drug-likeness (QED) is 0.774. The van der Waals surface area contributed by atoms with E-state index in [1.807, 2.05) is 0 Å². The van der Waals surface area contributed by atoms with Crippen LogP contribution in [0, 0.1) is 11.7 Å². The SMILES string of the molecule is COc1ccc(F)cc1C(=O)CNCC(C)C. The number of hydrogen-bond acceptors (Lipinski definition) is 3. The van der Waals surface area contributed by atoms with Crippen LogP contribution < -0.4 is 10.1 Å². The van der Waals surface area contributed by atoms with E-state index < -0.39 is 5.82 Å². The monoisotopic (exact) mass is 239 g/mol. The Morgan fingerprint density at radius 3 is 2.76 bits per heavy atom. The number of carbonyl (C=O) groups excluding carboxylic acids is 1. The zero-order valence-corrected chi connectivity index (χ0v) is 10.4. The summed E-state index contributed by atoms with van der Waals surface area (Å²) in [4.78, 5) is 11.8. The summed E-state index contributed by atoms with van der Waals surface area (Å²) in [6.07, 6.45) is 0. The zero-order valence-electron chi connectivity index (χ0n) is 10.4. The number of rotatable bonds is 6. The lowest BCUT2D eigenvalue weighted by molar-refractivity contribution is 0.0987. The van der Waals surface area contributed by atoms with Gasteiger partial charge in [0.05, 0.1) is 19.2 Å². The molecule has 3 nitrogen and oxygen atoms in total. The minimum atomic E-state index is -0.432. The molecule has 4 heteroatoms. The molecule has 0 saturated heterocycles. The third-order valence-corrected chi connectivity index (χ3v) is 2.30. The van der Waals surface area contributed by atoms with E-state index in [1.54, 1.807) is 0 Å². The van der Waals surface area contributed by atoms with Crippen LogP contribution in [-0.4, -0.2) is 26.0 Å². The van der Waals surface area contributed by atoms with Gasteiger partial charge in [-0.1, -0.05) is 13.8 Å². The average Bonchev–Trinajstić information content (AvgIpc) is 2.28. The van der Waals surface area contributed by atoms with Gasteiger partial charge in [0.15, 0.2) is 5.78 Å². The molecule has 0 aromatic heterocycles. The van der Waals surface area contributed by atoms with Crippen LogP contribution in [-0.2, 0) is 0 Å². The first-order chi connectivity index (χ1) is 8.04. The summed E-state index contributed by atoms with van der Waals surface area (Å²) in [5.74, 6) is 0.278. The number of ether oxygens (including phenoxy) is 1. The highest BCUT2D eigenvalue weighted by atomic mass is 19.1. The molecule has 0 saturated carbocycles. The minimum Gasteiger partial charge on any atom is -0.496 e. The van der Waals surface area contributed by atoms with Crippen LogP contribution in [0.5, 0.6) is 5.75 Å². The molecule has 94 valence electrons. The van der Waals surface area contributed by atoms with Gasteiger partial charge in [0.1, 0.15) is 11.6 Å². The number of ketones is 1. The van der Waals surface area contributed by atoms with Gasteiger partial charge in [-0.2, -0.15) is 0 Å². The predicted molar refractivity (Wildman–Crippen MR) is 65.0 cm³/mol. The molecule has 0 spiro atoms. The maximum absolute atomic E-state index is 13.1. The summed E-state index contributed by atoms with van der Waals surface area (Å²) < 4.78 is 18.1. The summed E-state index contributed by atoms with van der Waals surface area (Å²) >= 11 is 0. The Labute approximate surface area is 101 Å². The topological polar surface area (TPSA) is 38.3 Å². The first kappa shape index (κ1) is 13.6. The van der Waals surface area contributed by atoms with Crippen LogP contribution in [0.2, 0.25) is 0 Å². The van der Waals surface area contributed by atoms with E-state index in [9.17, 15) is 9.18 Å². The van der Waals surface area contributed by atoms with Crippen molar-refractivity contribution in [3.63, 3.8) is 0 Å². The number of carbonyl (C=O) groups is 1. The molecular weight excluding hydrogens is 221 g/mol. The van der Waals surface area contributed by atoms with Crippen LogP contribution in [0.3, 0.4) is 0 Å². The standard InChI is InChI=1S/C13H18FNO2/c1-9(2)7-15-8-12(16)11-6-10(14)4-5-13(11)17-3/h4-6,9,15H,7-8H2,1-3H3. The summed E-state index contributed by atoms with van der Waals surface area (Å²) in [6, 6.07) is 3.94. The second kappa shape index (κ2) is 6.35. The molecule has 17 heavy (non-hydrogen) atoms. The Hall–Kier alpha value is -1.42. The number of benzene rings is 1. The fraction of sp³-hybridized carbons (Fsp3) is 0.462. The van der Waals surface area contributed by atoms with E-state index in [1.165, 1.54) is 25.3 Å². The number of methoxy groups -OCH3 is 1. The zero-order chi connectivity index (χ0) is 12.8. The van der Waals surface area contributed by atoms with Crippen molar-refractivity contribution in [2.24, 2.45) is 5.92 Å². The summed E-state index contributed by atoms with van der Waals surface area (Å²) in [7, 11) is 1.46. The third-order valence-electron chi connectivity index (χ3n) is 2.30. The summed E-state index contributed by atoms with van der Waals surface area (Å²) in [5.41, 5.74) is 0.281. The van der Waals surface area contributed by atoms with Crippen molar-refractivity contribution in [2.45, 2.75) is 13.8 Å². The molecule has 0 radical (unpaired) electrons. The Kier molecular flexibility index (Phi) is 5.10. The molecule has 0 aliphatic rings. The molecule has 0 bridgehead atoms. The predicted octanol–water partition coefficient (Wildman–Crippen LogP) is 2.26. The van der Waals surface area contributed by atoms with E-state index in [2.05, 4.69) is 19.2 Å². The maximum Gasteiger partial charge on any atom is 0.180 e. The first-order valence-corrected chi connectivity index (χ1v) is 5.62. The molecule has 1 aromatic carbocycles. The third kappa shape index (κ3) is 4.15. The van der Waals surface area contributed by atoms with Gasteiger partial charge in [0.2, 0.25) is 0 Å². The number of hydrogen-bond donors (Lipinski definition) is 1. The van der Waals surface area contributed by atoms with E-state index in [0.717, 1.165) is 6.54 Å². The van der Waals surface area contributed by atoms with E-state index in [4.69, 9.17) is 4.74 Å². The van der Waals surface area contributed by atoms with Gasteiger partial charge in [-0.3, -0.25) is 4.79 Å². The van der Waals surface area contributed by atoms with Gasteiger partial charge in [0, 0.05) is 0 Å². The Morgan fingerprint density at radius 1 is 1.47 bits per heavy atom. The van der Waals surface area contributed by atoms with Gasteiger partial charge in [-0.15, -0.1) is 0 Å². The largest absolute Gasteiger partial charge is 0.496 e. The van der Waals surface area contributed by atoms with Gasteiger partial charge in [-0.25, -0.2) is 4.39 Å². The Morgan fingerprint density at radius 2 is 2.18 bits per heavy atom. The van der Waals surface area contributed by atoms with Gasteiger partial charge in [-0.05, 0) is 30.7 Å². The molecule has 0 aliphatic heterocycles. The lowest BCUT2D eigenvalue weighted by Crippen LogP contribution is -2.26. The molecule has 1 rings (SSSR count). The molecule has 0 aliphatic carbocycles. The Balaban J connectivity index is 2.70. The fourth-order valence-corrected chi connectivity index (χ4v) is 1.47. The highest BCUT2D eigenvalue weighted by Gasteiger charge is 2.12. The summed E-state index contributed by atoms with van der Waals surface area (Å²) in [5, 5.41) is 3.03. The highest BCUT2D eigenvalue weighted by Crippen LogP contribution is 2.19. The maximum atomic E-state index is 13.1. The van der Waals surface area contributed by atoms with E-state index in [-0.39, 0.29) is 17.9 Å². The van der Waals surface area contributed by atoms with Crippen molar-refractivity contribution in [3.05, 3.63) is 29.6 Å². The number of nitrogens with one attached hydrogen (secondary N) is 1. The molecule has 0 heterocycles. The van der Waals surface area contributed by atoms with Gasteiger partial charge >= 0.3 is 0 Å². The second-order valence-corrected chi connectivity index (χ2v) is 4.29. The lowest BCUT2D eigenvalue weighted by Gasteiger charge is -2.09. The van der Waals surface area contributed by atoms with Crippen LogP contribution in [0.15, 0.2) is 18.2 Å². The minimum absolute atomic E-state index is 0.165. The van der Waals surface area contributed by atoms with Crippen LogP contribution in [0.25, 0.3) is 0 Å². The van der Waals surface area contributed by atoms with Crippen molar-refractivity contribution in [2.75, 3.05) is 20.2 Å². The molecule has 1 aromatic rings.